The molecule has 3 rings (SSSR count). The van der Waals surface area contributed by atoms with Crippen molar-refractivity contribution in [2.45, 2.75) is 0 Å². The Hall–Kier alpha value is -2.31. The lowest BCUT2D eigenvalue weighted by molar-refractivity contribution is -0.385. The molecule has 0 radical (unpaired) electrons. The standard InChI is InChI=1S/C14H8Cl2N2O4/c15-9-2-1-3-10(14(9)16)17-6-8-4-12-13(22-7-21-12)5-11(8)18(19)20/h1-6H,7H2. The first-order chi connectivity index (χ1) is 10.6. The highest BCUT2D eigenvalue weighted by atomic mass is 35.5. The van der Waals surface area contributed by atoms with E-state index >= 15 is 0 Å². The molecule has 1 aliphatic heterocycles. The van der Waals surface area contributed by atoms with Crippen molar-refractivity contribution in [3.05, 3.63) is 56.1 Å². The largest absolute Gasteiger partial charge is 0.454 e. The summed E-state index contributed by atoms with van der Waals surface area (Å²) in [6, 6.07) is 7.79. The molecule has 6 nitrogen and oxygen atoms in total. The zero-order valence-electron chi connectivity index (χ0n) is 11.0. The first-order valence-corrected chi connectivity index (χ1v) is 6.88. The van der Waals surface area contributed by atoms with Crippen LogP contribution >= 0.6 is 23.2 Å². The van der Waals surface area contributed by atoms with Gasteiger partial charge in [-0.25, -0.2) is 0 Å². The summed E-state index contributed by atoms with van der Waals surface area (Å²) in [7, 11) is 0. The van der Waals surface area contributed by atoms with Gasteiger partial charge in [-0.1, -0.05) is 29.3 Å². The van der Waals surface area contributed by atoms with Crippen LogP contribution in [0.15, 0.2) is 35.3 Å². The van der Waals surface area contributed by atoms with E-state index in [2.05, 4.69) is 4.99 Å². The van der Waals surface area contributed by atoms with Crippen molar-refractivity contribution in [3.8, 4) is 11.5 Å². The van der Waals surface area contributed by atoms with Gasteiger partial charge >= 0.3 is 0 Å². The predicted molar refractivity (Wildman–Crippen MR) is 82.9 cm³/mol. The van der Waals surface area contributed by atoms with Crippen LogP contribution in [0.2, 0.25) is 10.0 Å². The third kappa shape index (κ3) is 2.70. The Bertz CT molecular complexity index is 793. The van der Waals surface area contributed by atoms with Crippen LogP contribution in [0.5, 0.6) is 11.5 Å². The van der Waals surface area contributed by atoms with E-state index in [4.69, 9.17) is 32.7 Å². The maximum atomic E-state index is 11.2. The number of aliphatic imine (C=N–C) groups is 1. The molecule has 0 fully saturated rings. The number of hydrogen-bond donors (Lipinski definition) is 0. The van der Waals surface area contributed by atoms with Crippen molar-refractivity contribution in [2.75, 3.05) is 6.79 Å². The number of rotatable bonds is 3. The molecule has 0 atom stereocenters. The third-order valence-corrected chi connectivity index (χ3v) is 3.80. The topological polar surface area (TPSA) is 74.0 Å². The number of nitro benzene ring substituents is 1. The molecular formula is C14H8Cl2N2O4. The Morgan fingerprint density at radius 2 is 1.95 bits per heavy atom. The molecule has 0 unspecified atom stereocenters. The van der Waals surface area contributed by atoms with E-state index in [0.29, 0.717) is 22.2 Å². The molecule has 8 heteroatoms. The second-order valence-corrected chi connectivity index (χ2v) is 5.14. The van der Waals surface area contributed by atoms with E-state index in [1.165, 1.54) is 18.3 Å². The minimum Gasteiger partial charge on any atom is -0.454 e. The van der Waals surface area contributed by atoms with Gasteiger partial charge in [0.2, 0.25) is 6.79 Å². The second kappa shape index (κ2) is 5.82. The van der Waals surface area contributed by atoms with E-state index in [1.807, 2.05) is 0 Å². The first-order valence-electron chi connectivity index (χ1n) is 6.12. The highest BCUT2D eigenvalue weighted by molar-refractivity contribution is 6.43. The minimum absolute atomic E-state index is 0.0349. The Morgan fingerprint density at radius 1 is 1.23 bits per heavy atom. The SMILES string of the molecule is O=[N+]([O-])c1cc2c(cc1C=Nc1cccc(Cl)c1Cl)OCO2. The Balaban J connectivity index is 2.03. The highest BCUT2D eigenvalue weighted by Crippen LogP contribution is 2.38. The maximum absolute atomic E-state index is 11.2. The Morgan fingerprint density at radius 3 is 2.68 bits per heavy atom. The summed E-state index contributed by atoms with van der Waals surface area (Å²) in [4.78, 5) is 14.8. The summed E-state index contributed by atoms with van der Waals surface area (Å²) >= 11 is 11.9. The third-order valence-electron chi connectivity index (χ3n) is 2.99. The Labute approximate surface area is 135 Å². The van der Waals surface area contributed by atoms with Gasteiger partial charge in [0.15, 0.2) is 11.5 Å². The monoisotopic (exact) mass is 338 g/mol. The number of hydrogen-bond acceptors (Lipinski definition) is 5. The average Bonchev–Trinajstić information content (AvgIpc) is 2.95. The molecule has 1 heterocycles. The van der Waals surface area contributed by atoms with Crippen molar-refractivity contribution in [1.29, 1.82) is 0 Å². The number of ether oxygens (including phenoxy) is 2. The van der Waals surface area contributed by atoms with Gasteiger partial charge in [-0.15, -0.1) is 0 Å². The molecule has 2 aromatic rings. The predicted octanol–water partition coefficient (Wildman–Crippen LogP) is 4.38. The molecule has 0 spiro atoms. The smallest absolute Gasteiger partial charge is 0.282 e. The van der Waals surface area contributed by atoms with Gasteiger partial charge in [-0.3, -0.25) is 15.1 Å². The molecule has 1 aliphatic rings. The van der Waals surface area contributed by atoms with Gasteiger partial charge in [-0.2, -0.15) is 0 Å². The molecule has 0 saturated heterocycles. The fourth-order valence-corrected chi connectivity index (χ4v) is 2.28. The van der Waals surface area contributed by atoms with Crippen LogP contribution in [0.25, 0.3) is 0 Å². The maximum Gasteiger partial charge on any atom is 0.282 e. The minimum atomic E-state index is -0.511. The van der Waals surface area contributed by atoms with Crippen molar-refractivity contribution < 1.29 is 14.4 Å². The second-order valence-electron chi connectivity index (χ2n) is 4.35. The van der Waals surface area contributed by atoms with E-state index in [9.17, 15) is 10.1 Å². The molecule has 112 valence electrons. The number of nitrogens with zero attached hydrogens (tertiary/aromatic N) is 2. The van der Waals surface area contributed by atoms with Gasteiger partial charge in [0, 0.05) is 6.21 Å². The van der Waals surface area contributed by atoms with Crippen LogP contribution < -0.4 is 9.47 Å². The van der Waals surface area contributed by atoms with E-state index in [-0.39, 0.29) is 23.1 Å². The van der Waals surface area contributed by atoms with Crippen molar-refractivity contribution in [2.24, 2.45) is 4.99 Å². The Kier molecular flexibility index (Phi) is 3.87. The molecule has 0 amide bonds. The molecular weight excluding hydrogens is 331 g/mol. The van der Waals surface area contributed by atoms with Crippen LogP contribution in [0, 0.1) is 10.1 Å². The molecule has 0 aromatic heterocycles. The molecule has 0 N–H and O–H groups in total. The summed E-state index contributed by atoms with van der Waals surface area (Å²) in [6.07, 6.45) is 1.34. The summed E-state index contributed by atoms with van der Waals surface area (Å²) in [6.45, 7) is 0.0349. The highest BCUT2D eigenvalue weighted by Gasteiger charge is 2.22. The molecule has 0 aliphatic carbocycles. The average molecular weight is 339 g/mol. The van der Waals surface area contributed by atoms with Gasteiger partial charge in [-0.05, 0) is 18.2 Å². The van der Waals surface area contributed by atoms with Crippen LogP contribution in [-0.4, -0.2) is 17.9 Å². The first kappa shape index (κ1) is 14.6. The fourth-order valence-electron chi connectivity index (χ4n) is 1.94. The summed E-state index contributed by atoms with van der Waals surface area (Å²) in [5.74, 6) is 0.772. The van der Waals surface area contributed by atoms with Crippen molar-refractivity contribution >= 4 is 40.8 Å². The fraction of sp³-hybridized carbons (Fsp3) is 0.0714. The summed E-state index contributed by atoms with van der Waals surface area (Å²) < 4.78 is 10.3. The van der Waals surface area contributed by atoms with Crippen LogP contribution in [0.1, 0.15) is 5.56 Å². The quantitative estimate of drug-likeness (QED) is 0.472. The number of benzene rings is 2. The number of halogens is 2. The lowest BCUT2D eigenvalue weighted by Crippen LogP contribution is -1.94. The molecule has 0 saturated carbocycles. The van der Waals surface area contributed by atoms with Crippen LogP contribution in [0.3, 0.4) is 0 Å². The summed E-state index contributed by atoms with van der Waals surface area (Å²) in [5.41, 5.74) is 0.567. The van der Waals surface area contributed by atoms with Crippen molar-refractivity contribution in [3.63, 3.8) is 0 Å². The molecule has 22 heavy (non-hydrogen) atoms. The van der Waals surface area contributed by atoms with Gasteiger partial charge in [0.25, 0.3) is 5.69 Å². The number of nitro groups is 1. The van der Waals surface area contributed by atoms with Crippen LogP contribution in [-0.2, 0) is 0 Å². The molecule has 2 aromatic carbocycles. The lowest BCUT2D eigenvalue weighted by atomic mass is 10.1. The van der Waals surface area contributed by atoms with Gasteiger partial charge in [0.05, 0.1) is 32.3 Å². The van der Waals surface area contributed by atoms with E-state index in [1.54, 1.807) is 18.2 Å². The van der Waals surface area contributed by atoms with Crippen LogP contribution in [0.4, 0.5) is 11.4 Å². The normalized spacial score (nSPS) is 12.8. The zero-order valence-corrected chi connectivity index (χ0v) is 12.5. The van der Waals surface area contributed by atoms with Gasteiger partial charge < -0.3 is 9.47 Å². The van der Waals surface area contributed by atoms with Gasteiger partial charge in [0.1, 0.15) is 0 Å². The zero-order chi connectivity index (χ0) is 15.7. The van der Waals surface area contributed by atoms with E-state index < -0.39 is 4.92 Å². The van der Waals surface area contributed by atoms with Crippen molar-refractivity contribution in [1.82, 2.24) is 0 Å². The number of fused-ring (bicyclic) bond motifs is 1. The molecule has 0 bridgehead atoms. The summed E-state index contributed by atoms with van der Waals surface area (Å²) in [5, 5.41) is 11.8. The van der Waals surface area contributed by atoms with E-state index in [0.717, 1.165) is 0 Å². The lowest BCUT2D eigenvalue weighted by Gasteiger charge is -2.02.